The van der Waals surface area contributed by atoms with Gasteiger partial charge in [0.1, 0.15) is 12.7 Å². The SMILES string of the molecule is COc1cc(C(C)=O)ccc1OCC(O)CN(C)c1ccccc1-c1ccccc1. The molecular formula is C25H27NO4. The molecule has 1 N–H and O–H groups in total. The summed E-state index contributed by atoms with van der Waals surface area (Å²) >= 11 is 0. The number of hydrogen-bond acceptors (Lipinski definition) is 5. The Bertz CT molecular complexity index is 987. The molecule has 0 aliphatic heterocycles. The molecule has 1 atom stereocenters. The summed E-state index contributed by atoms with van der Waals surface area (Å²) in [5, 5.41) is 10.5. The molecule has 0 radical (unpaired) electrons. The van der Waals surface area contributed by atoms with Crippen LogP contribution in [0.1, 0.15) is 17.3 Å². The molecule has 0 spiro atoms. The van der Waals surface area contributed by atoms with Crippen LogP contribution < -0.4 is 14.4 Å². The van der Waals surface area contributed by atoms with Gasteiger partial charge in [-0.15, -0.1) is 0 Å². The van der Waals surface area contributed by atoms with Crippen molar-refractivity contribution in [3.63, 3.8) is 0 Å². The predicted molar refractivity (Wildman–Crippen MR) is 120 cm³/mol. The Morgan fingerprint density at radius 2 is 1.70 bits per heavy atom. The minimum atomic E-state index is -0.712. The number of methoxy groups -OCH3 is 1. The van der Waals surface area contributed by atoms with E-state index in [0.29, 0.717) is 23.6 Å². The largest absolute Gasteiger partial charge is 0.493 e. The normalized spacial score (nSPS) is 11.6. The number of rotatable bonds is 9. The van der Waals surface area contributed by atoms with Crippen LogP contribution in [-0.4, -0.2) is 44.3 Å². The first-order valence-electron chi connectivity index (χ1n) is 9.85. The fraction of sp³-hybridized carbons (Fsp3) is 0.240. The highest BCUT2D eigenvalue weighted by Gasteiger charge is 2.15. The molecule has 30 heavy (non-hydrogen) atoms. The Balaban J connectivity index is 1.66. The van der Waals surface area contributed by atoms with Crippen LogP contribution in [0.25, 0.3) is 11.1 Å². The maximum absolute atomic E-state index is 11.5. The van der Waals surface area contributed by atoms with E-state index in [4.69, 9.17) is 9.47 Å². The van der Waals surface area contributed by atoms with Gasteiger partial charge in [-0.1, -0.05) is 48.5 Å². The van der Waals surface area contributed by atoms with Gasteiger partial charge in [0.15, 0.2) is 17.3 Å². The molecule has 0 amide bonds. The third kappa shape index (κ3) is 5.19. The van der Waals surface area contributed by atoms with Gasteiger partial charge in [0, 0.05) is 30.4 Å². The molecule has 1 unspecified atom stereocenters. The summed E-state index contributed by atoms with van der Waals surface area (Å²) in [5.74, 6) is 0.921. The Labute approximate surface area is 177 Å². The van der Waals surface area contributed by atoms with Crippen LogP contribution in [0, 0.1) is 0 Å². The molecule has 0 fully saturated rings. The quantitative estimate of drug-likeness (QED) is 0.533. The number of anilines is 1. The lowest BCUT2D eigenvalue weighted by atomic mass is 10.0. The van der Waals surface area contributed by atoms with Crippen LogP contribution in [0.15, 0.2) is 72.8 Å². The Kier molecular flexibility index (Phi) is 7.09. The minimum Gasteiger partial charge on any atom is -0.493 e. The lowest BCUT2D eigenvalue weighted by Crippen LogP contribution is -2.33. The minimum absolute atomic E-state index is 0.0430. The van der Waals surface area contributed by atoms with Gasteiger partial charge < -0.3 is 19.5 Å². The summed E-state index contributed by atoms with van der Waals surface area (Å²) in [6.45, 7) is 2.01. The number of Topliss-reactive ketones (excluding diaryl/α,β-unsaturated/α-hetero) is 1. The fourth-order valence-corrected chi connectivity index (χ4v) is 3.33. The molecule has 0 saturated heterocycles. The van der Waals surface area contributed by atoms with Crippen molar-refractivity contribution in [3.05, 3.63) is 78.4 Å². The zero-order valence-corrected chi connectivity index (χ0v) is 17.5. The van der Waals surface area contributed by atoms with E-state index in [-0.39, 0.29) is 12.4 Å². The molecule has 0 heterocycles. The van der Waals surface area contributed by atoms with Crippen molar-refractivity contribution < 1.29 is 19.4 Å². The summed E-state index contributed by atoms with van der Waals surface area (Å²) in [6.07, 6.45) is -0.712. The van der Waals surface area contributed by atoms with Crippen molar-refractivity contribution in [1.29, 1.82) is 0 Å². The maximum atomic E-state index is 11.5. The highest BCUT2D eigenvalue weighted by atomic mass is 16.5. The molecule has 5 heteroatoms. The number of ketones is 1. The Hall–Kier alpha value is -3.31. The van der Waals surface area contributed by atoms with Crippen molar-refractivity contribution in [3.8, 4) is 22.6 Å². The molecule has 0 bridgehead atoms. The van der Waals surface area contributed by atoms with Crippen LogP contribution in [0.2, 0.25) is 0 Å². The number of benzene rings is 3. The maximum Gasteiger partial charge on any atom is 0.161 e. The molecule has 5 nitrogen and oxygen atoms in total. The highest BCUT2D eigenvalue weighted by molar-refractivity contribution is 5.94. The number of aliphatic hydroxyl groups is 1. The molecule has 156 valence electrons. The second kappa shape index (κ2) is 9.94. The van der Waals surface area contributed by atoms with Crippen molar-refractivity contribution >= 4 is 11.5 Å². The van der Waals surface area contributed by atoms with E-state index < -0.39 is 6.10 Å². The number of ether oxygens (including phenoxy) is 2. The number of likely N-dealkylation sites (N-methyl/N-ethyl adjacent to an activating group) is 1. The van der Waals surface area contributed by atoms with Gasteiger partial charge in [-0.05, 0) is 36.8 Å². The van der Waals surface area contributed by atoms with E-state index in [1.54, 1.807) is 18.2 Å². The lowest BCUT2D eigenvalue weighted by molar-refractivity contribution is 0.101. The monoisotopic (exact) mass is 405 g/mol. The van der Waals surface area contributed by atoms with Crippen molar-refractivity contribution in [2.75, 3.05) is 32.2 Å². The van der Waals surface area contributed by atoms with Gasteiger partial charge in [0.25, 0.3) is 0 Å². The van der Waals surface area contributed by atoms with Crippen molar-refractivity contribution in [2.24, 2.45) is 0 Å². The first-order chi connectivity index (χ1) is 14.5. The third-order valence-electron chi connectivity index (χ3n) is 4.89. The van der Waals surface area contributed by atoms with E-state index in [0.717, 1.165) is 16.8 Å². The summed E-state index contributed by atoms with van der Waals surface area (Å²) in [7, 11) is 3.48. The van der Waals surface area contributed by atoms with Gasteiger partial charge in [-0.25, -0.2) is 0 Å². The van der Waals surface area contributed by atoms with E-state index in [9.17, 15) is 9.90 Å². The number of para-hydroxylation sites is 1. The lowest BCUT2D eigenvalue weighted by Gasteiger charge is -2.25. The first kappa shape index (κ1) is 21.4. The van der Waals surface area contributed by atoms with Crippen molar-refractivity contribution in [2.45, 2.75) is 13.0 Å². The number of hydrogen-bond donors (Lipinski definition) is 1. The standard InChI is InChI=1S/C25H27NO4/c1-18(27)20-13-14-24(25(15-20)29-3)30-17-21(28)16-26(2)23-12-8-7-11-22(23)19-9-5-4-6-10-19/h4-15,21,28H,16-17H2,1-3H3. The van der Waals surface area contributed by atoms with Crippen LogP contribution in [-0.2, 0) is 0 Å². The van der Waals surface area contributed by atoms with Gasteiger partial charge in [0.05, 0.1) is 7.11 Å². The van der Waals surface area contributed by atoms with Gasteiger partial charge in [-0.2, -0.15) is 0 Å². The summed E-state index contributed by atoms with van der Waals surface area (Å²) in [6, 6.07) is 23.3. The number of aliphatic hydroxyl groups excluding tert-OH is 1. The number of carbonyl (C=O) groups excluding carboxylic acids is 1. The number of carbonyl (C=O) groups is 1. The van der Waals surface area contributed by atoms with Crippen LogP contribution in [0.4, 0.5) is 5.69 Å². The average Bonchev–Trinajstić information content (AvgIpc) is 2.78. The molecule has 0 aliphatic rings. The molecular weight excluding hydrogens is 378 g/mol. The smallest absolute Gasteiger partial charge is 0.161 e. The molecule has 3 rings (SSSR count). The summed E-state index contributed by atoms with van der Waals surface area (Å²) < 4.78 is 11.1. The highest BCUT2D eigenvalue weighted by Crippen LogP contribution is 2.31. The summed E-state index contributed by atoms with van der Waals surface area (Å²) in [5.41, 5.74) is 3.82. The second-order valence-corrected chi connectivity index (χ2v) is 7.15. The average molecular weight is 405 g/mol. The topological polar surface area (TPSA) is 59.0 Å². The third-order valence-corrected chi connectivity index (χ3v) is 4.89. The molecule has 0 aromatic heterocycles. The number of nitrogens with zero attached hydrogens (tertiary/aromatic N) is 1. The Morgan fingerprint density at radius 3 is 2.40 bits per heavy atom. The first-order valence-corrected chi connectivity index (χ1v) is 9.85. The molecule has 3 aromatic rings. The predicted octanol–water partition coefficient (Wildman–Crippen LogP) is 4.44. The zero-order chi connectivity index (χ0) is 21.5. The van der Waals surface area contributed by atoms with Gasteiger partial charge in [-0.3, -0.25) is 4.79 Å². The molecule has 0 saturated carbocycles. The van der Waals surface area contributed by atoms with Gasteiger partial charge >= 0.3 is 0 Å². The van der Waals surface area contributed by atoms with Crippen molar-refractivity contribution in [1.82, 2.24) is 0 Å². The second-order valence-electron chi connectivity index (χ2n) is 7.15. The van der Waals surface area contributed by atoms with Gasteiger partial charge in [0.2, 0.25) is 0 Å². The fourth-order valence-electron chi connectivity index (χ4n) is 3.33. The molecule has 0 aliphatic carbocycles. The van der Waals surface area contributed by atoms with E-state index in [1.165, 1.54) is 14.0 Å². The Morgan fingerprint density at radius 1 is 1.00 bits per heavy atom. The van der Waals surface area contributed by atoms with Crippen LogP contribution in [0.3, 0.4) is 0 Å². The molecule has 3 aromatic carbocycles. The zero-order valence-electron chi connectivity index (χ0n) is 17.5. The van der Waals surface area contributed by atoms with Crippen LogP contribution >= 0.6 is 0 Å². The summed E-state index contributed by atoms with van der Waals surface area (Å²) in [4.78, 5) is 13.6. The van der Waals surface area contributed by atoms with Crippen LogP contribution in [0.5, 0.6) is 11.5 Å². The van der Waals surface area contributed by atoms with E-state index in [2.05, 4.69) is 18.2 Å². The van der Waals surface area contributed by atoms with E-state index in [1.807, 2.05) is 48.3 Å². The van der Waals surface area contributed by atoms with E-state index >= 15 is 0 Å².